The van der Waals surface area contributed by atoms with Gasteiger partial charge in [0.05, 0.1) is 24.1 Å². The molecule has 0 bridgehead atoms. The zero-order valence-corrected chi connectivity index (χ0v) is 17.2. The molecule has 3 rings (SSSR count). The van der Waals surface area contributed by atoms with Crippen molar-refractivity contribution in [3.8, 4) is 5.75 Å². The maximum absolute atomic E-state index is 12.6. The number of nitrogens with zero attached hydrogens (tertiary/aromatic N) is 2. The first kappa shape index (κ1) is 20.2. The molecule has 0 saturated carbocycles. The van der Waals surface area contributed by atoms with Crippen molar-refractivity contribution in [3.63, 3.8) is 0 Å². The Bertz CT molecular complexity index is 963. The minimum Gasteiger partial charge on any atom is -0.433 e. The van der Waals surface area contributed by atoms with Crippen LogP contribution in [0.3, 0.4) is 0 Å². The van der Waals surface area contributed by atoms with Crippen molar-refractivity contribution in [1.29, 1.82) is 0 Å². The van der Waals surface area contributed by atoms with Crippen LogP contribution in [0.5, 0.6) is 5.75 Å². The largest absolute Gasteiger partial charge is 0.433 e. The lowest BCUT2D eigenvalue weighted by atomic mass is 10.2. The molecule has 0 atom stereocenters. The van der Waals surface area contributed by atoms with Crippen LogP contribution in [0.1, 0.15) is 11.1 Å². The second kappa shape index (κ2) is 9.11. The van der Waals surface area contributed by atoms with E-state index in [1.54, 1.807) is 29.9 Å². The Hall–Kier alpha value is -2.52. The summed E-state index contributed by atoms with van der Waals surface area (Å²) >= 11 is 8.68. The van der Waals surface area contributed by atoms with E-state index in [2.05, 4.69) is 36.4 Å². The number of anilines is 2. The Morgan fingerprint density at radius 1 is 1.21 bits per heavy atom. The molecule has 0 aliphatic rings. The van der Waals surface area contributed by atoms with Gasteiger partial charge in [-0.15, -0.1) is 0 Å². The van der Waals surface area contributed by atoms with E-state index in [0.717, 1.165) is 15.6 Å². The molecule has 28 heavy (non-hydrogen) atoms. The zero-order valence-electron chi connectivity index (χ0n) is 14.8. The summed E-state index contributed by atoms with van der Waals surface area (Å²) in [5.41, 5.74) is 2.94. The minimum absolute atomic E-state index is 0.0325. The third kappa shape index (κ3) is 5.74. The van der Waals surface area contributed by atoms with E-state index in [0.29, 0.717) is 17.9 Å². The fraction of sp³-hybridized carbons (Fsp3) is 0.158. The first-order valence-electron chi connectivity index (χ1n) is 8.29. The quantitative estimate of drug-likeness (QED) is 0.475. The highest BCUT2D eigenvalue weighted by atomic mass is 79.9. The summed E-state index contributed by atoms with van der Waals surface area (Å²) in [6.07, 6.45) is 3.44. The molecule has 0 aliphatic carbocycles. The highest BCUT2D eigenvalue weighted by molar-refractivity contribution is 9.10. The van der Waals surface area contributed by atoms with Crippen molar-refractivity contribution in [1.82, 2.24) is 9.78 Å². The molecule has 0 aliphatic heterocycles. The van der Waals surface area contributed by atoms with E-state index in [1.165, 1.54) is 6.07 Å². The summed E-state index contributed by atoms with van der Waals surface area (Å²) in [5, 5.41) is 10.4. The van der Waals surface area contributed by atoms with Gasteiger partial charge in [0.25, 0.3) is 0 Å². The van der Waals surface area contributed by atoms with Crippen LogP contribution in [0.25, 0.3) is 0 Å². The summed E-state index contributed by atoms with van der Waals surface area (Å²) < 4.78 is 32.6. The number of alkyl halides is 2. The molecule has 1 aromatic heterocycles. The third-order valence-corrected chi connectivity index (χ3v) is 4.48. The van der Waals surface area contributed by atoms with Gasteiger partial charge in [-0.2, -0.15) is 13.9 Å². The molecule has 1 heterocycles. The number of ether oxygens (including phenoxy) is 1. The highest BCUT2D eigenvalue weighted by Crippen LogP contribution is 2.27. The molecule has 0 amide bonds. The van der Waals surface area contributed by atoms with Gasteiger partial charge < -0.3 is 15.4 Å². The topological polar surface area (TPSA) is 51.1 Å². The molecule has 3 aromatic rings. The van der Waals surface area contributed by atoms with Gasteiger partial charge in [-0.25, -0.2) is 0 Å². The second-order valence-electron chi connectivity index (χ2n) is 6.01. The first-order chi connectivity index (χ1) is 13.4. The highest BCUT2D eigenvalue weighted by Gasteiger charge is 2.11. The Kier molecular flexibility index (Phi) is 6.58. The van der Waals surface area contributed by atoms with Crippen molar-refractivity contribution in [3.05, 3.63) is 70.5 Å². The molecule has 0 fully saturated rings. The van der Waals surface area contributed by atoms with Crippen LogP contribution in [0, 0.1) is 6.92 Å². The zero-order chi connectivity index (χ0) is 20.1. The number of benzene rings is 2. The molecule has 0 radical (unpaired) electrons. The first-order valence-corrected chi connectivity index (χ1v) is 9.49. The van der Waals surface area contributed by atoms with Crippen molar-refractivity contribution in [2.24, 2.45) is 0 Å². The van der Waals surface area contributed by atoms with Crippen molar-refractivity contribution in [2.45, 2.75) is 20.1 Å². The molecule has 2 aromatic carbocycles. The number of aromatic nitrogens is 2. The van der Waals surface area contributed by atoms with Gasteiger partial charge in [0.2, 0.25) is 0 Å². The summed E-state index contributed by atoms with van der Waals surface area (Å²) in [6.45, 7) is -0.515. The Morgan fingerprint density at radius 3 is 2.68 bits per heavy atom. The van der Waals surface area contributed by atoms with Gasteiger partial charge in [0.1, 0.15) is 5.75 Å². The predicted molar refractivity (Wildman–Crippen MR) is 113 cm³/mol. The van der Waals surface area contributed by atoms with Crippen LogP contribution in [-0.4, -0.2) is 21.5 Å². The van der Waals surface area contributed by atoms with Crippen molar-refractivity contribution in [2.75, 3.05) is 10.6 Å². The third-order valence-electron chi connectivity index (χ3n) is 3.75. The molecular formula is C19H17BrF2N4OS. The smallest absolute Gasteiger partial charge is 0.387 e. The van der Waals surface area contributed by atoms with Crippen LogP contribution in [0.15, 0.2) is 59.3 Å². The number of hydrogen-bond acceptors (Lipinski definition) is 3. The van der Waals surface area contributed by atoms with Crippen LogP contribution >= 0.6 is 28.1 Å². The van der Waals surface area contributed by atoms with Crippen molar-refractivity contribution >= 4 is 44.6 Å². The number of hydrogen-bond donors (Lipinski definition) is 2. The van der Waals surface area contributed by atoms with Gasteiger partial charge in [-0.05, 0) is 54.5 Å². The van der Waals surface area contributed by atoms with E-state index in [1.807, 2.05) is 30.5 Å². The normalized spacial score (nSPS) is 10.8. The van der Waals surface area contributed by atoms with Crippen LogP contribution in [0.2, 0.25) is 0 Å². The standard InChI is InChI=1S/C19H17BrF2N4OS/c1-12-2-7-16(17(8-12)27-18(21)22)25-19(28)24-15-9-23-26(11-15)10-13-3-5-14(20)6-4-13/h2-9,11,18H,10H2,1H3,(H2,24,25,28). The van der Waals surface area contributed by atoms with Crippen LogP contribution in [-0.2, 0) is 6.54 Å². The molecule has 2 N–H and O–H groups in total. The summed E-state index contributed by atoms with van der Waals surface area (Å²) in [6, 6.07) is 12.9. The predicted octanol–water partition coefficient (Wildman–Crippen LogP) is 5.41. The molecule has 0 spiro atoms. The number of nitrogens with one attached hydrogen (secondary N) is 2. The van der Waals surface area contributed by atoms with E-state index in [-0.39, 0.29) is 10.9 Å². The number of rotatable bonds is 6. The lowest BCUT2D eigenvalue weighted by Crippen LogP contribution is -2.19. The van der Waals surface area contributed by atoms with Gasteiger partial charge >= 0.3 is 6.61 Å². The minimum atomic E-state index is -2.92. The average molecular weight is 467 g/mol. The molecule has 0 unspecified atom stereocenters. The van der Waals surface area contributed by atoms with Crippen molar-refractivity contribution < 1.29 is 13.5 Å². The van der Waals surface area contributed by atoms with Gasteiger partial charge in [-0.1, -0.05) is 34.1 Å². The Balaban J connectivity index is 1.63. The summed E-state index contributed by atoms with van der Waals surface area (Å²) in [5.74, 6) is 0.0325. The van der Waals surface area contributed by atoms with Crippen LogP contribution in [0.4, 0.5) is 20.2 Å². The van der Waals surface area contributed by atoms with Gasteiger partial charge in [0.15, 0.2) is 5.11 Å². The molecule has 5 nitrogen and oxygen atoms in total. The SMILES string of the molecule is Cc1ccc(NC(=S)Nc2cnn(Cc3ccc(Br)cc3)c2)c(OC(F)F)c1. The number of halogens is 3. The summed E-state index contributed by atoms with van der Waals surface area (Å²) in [4.78, 5) is 0. The number of thiocarbonyl (C=S) groups is 1. The Morgan fingerprint density at radius 2 is 1.96 bits per heavy atom. The maximum Gasteiger partial charge on any atom is 0.387 e. The Labute approximate surface area is 174 Å². The monoisotopic (exact) mass is 466 g/mol. The molecular weight excluding hydrogens is 450 g/mol. The average Bonchev–Trinajstić information content (AvgIpc) is 3.05. The van der Waals surface area contributed by atoms with E-state index in [9.17, 15) is 8.78 Å². The lowest BCUT2D eigenvalue weighted by Gasteiger charge is -2.14. The number of aryl methyl sites for hydroxylation is 1. The maximum atomic E-state index is 12.6. The van der Waals surface area contributed by atoms with E-state index < -0.39 is 6.61 Å². The van der Waals surface area contributed by atoms with Gasteiger partial charge in [0, 0.05) is 10.7 Å². The molecule has 146 valence electrons. The van der Waals surface area contributed by atoms with E-state index in [4.69, 9.17) is 12.2 Å². The lowest BCUT2D eigenvalue weighted by molar-refractivity contribution is -0.0493. The summed E-state index contributed by atoms with van der Waals surface area (Å²) in [7, 11) is 0. The fourth-order valence-electron chi connectivity index (χ4n) is 2.50. The molecule has 9 heteroatoms. The molecule has 0 saturated heterocycles. The fourth-order valence-corrected chi connectivity index (χ4v) is 2.99. The van der Waals surface area contributed by atoms with Gasteiger partial charge in [-0.3, -0.25) is 4.68 Å². The second-order valence-corrected chi connectivity index (χ2v) is 7.33. The van der Waals surface area contributed by atoms with E-state index >= 15 is 0 Å². The van der Waals surface area contributed by atoms with Crippen LogP contribution < -0.4 is 15.4 Å².